The predicted octanol–water partition coefficient (Wildman–Crippen LogP) is -3.35. The average Bonchev–Trinajstić information content (AvgIpc) is 2.96. The van der Waals surface area contributed by atoms with E-state index >= 15 is 0 Å². The van der Waals surface area contributed by atoms with E-state index in [1.54, 1.807) is 24.3 Å². The molecule has 1 aliphatic heterocycles. The first kappa shape index (κ1) is 23.6. The Morgan fingerprint density at radius 3 is 2.43 bits per heavy atom. The standard InChI is InChI=1S/C17H19N3O7.Na.H/c1-9(18-17(26)27-8-10-5-3-2-4-6-10)14(22)20-13(16(24)25)11-7-12(21)19-15(11)23;;/h2-6,9,11,13H,7-8H2,1H3,(H,18,26)(H,20,22)(H,24,25)(H,19,21,23);;/q;+1;-1/t9-,11?,13?;;/m0../s1. The van der Waals surface area contributed by atoms with Gasteiger partial charge in [-0.15, -0.1) is 0 Å². The minimum absolute atomic E-state index is 0. The van der Waals surface area contributed by atoms with Crippen LogP contribution in [-0.2, 0) is 30.5 Å². The van der Waals surface area contributed by atoms with Crippen LogP contribution < -0.4 is 45.5 Å². The smallest absolute Gasteiger partial charge is 1.00 e. The first-order valence-corrected chi connectivity index (χ1v) is 8.12. The quantitative estimate of drug-likeness (QED) is 0.275. The van der Waals surface area contributed by atoms with Crippen LogP contribution in [0.1, 0.15) is 20.3 Å². The number of carbonyl (C=O) groups excluding carboxylic acids is 4. The third-order valence-corrected chi connectivity index (χ3v) is 3.91. The molecule has 1 fully saturated rings. The summed E-state index contributed by atoms with van der Waals surface area (Å²) in [4.78, 5) is 58.2. The van der Waals surface area contributed by atoms with Gasteiger partial charge >= 0.3 is 41.6 Å². The van der Waals surface area contributed by atoms with Crippen molar-refractivity contribution in [3.63, 3.8) is 0 Å². The molecule has 0 aliphatic carbocycles. The molecule has 2 unspecified atom stereocenters. The molecule has 4 amide bonds. The Labute approximate surface area is 184 Å². The third-order valence-electron chi connectivity index (χ3n) is 3.91. The monoisotopic (exact) mass is 401 g/mol. The van der Waals surface area contributed by atoms with E-state index in [-0.39, 0.29) is 44.0 Å². The van der Waals surface area contributed by atoms with Crippen LogP contribution in [0.4, 0.5) is 4.79 Å². The topological polar surface area (TPSA) is 151 Å². The third kappa shape index (κ3) is 6.63. The fourth-order valence-electron chi connectivity index (χ4n) is 2.46. The zero-order chi connectivity index (χ0) is 20.0. The van der Waals surface area contributed by atoms with Crippen LogP contribution in [0.15, 0.2) is 30.3 Å². The molecular formula is C17H20N3NaO7. The number of carboxylic acids is 1. The van der Waals surface area contributed by atoms with E-state index in [0.29, 0.717) is 0 Å². The Hall–Kier alpha value is -2.43. The molecule has 0 saturated carbocycles. The number of aliphatic carboxylic acids is 1. The molecule has 0 aromatic heterocycles. The first-order valence-electron chi connectivity index (χ1n) is 8.12. The van der Waals surface area contributed by atoms with Gasteiger partial charge in [0.2, 0.25) is 17.7 Å². The maximum absolute atomic E-state index is 12.2. The van der Waals surface area contributed by atoms with Crippen LogP contribution in [-0.4, -0.2) is 47.0 Å². The van der Waals surface area contributed by atoms with Crippen molar-refractivity contribution in [2.45, 2.75) is 32.0 Å². The summed E-state index contributed by atoms with van der Waals surface area (Å²) in [6, 6.07) is 6.19. The number of hydrogen-bond donors (Lipinski definition) is 4. The summed E-state index contributed by atoms with van der Waals surface area (Å²) >= 11 is 0. The van der Waals surface area contributed by atoms with E-state index in [1.807, 2.05) is 11.4 Å². The summed E-state index contributed by atoms with van der Waals surface area (Å²) < 4.78 is 4.98. The zero-order valence-corrected chi connectivity index (χ0v) is 17.4. The molecule has 1 aromatic rings. The van der Waals surface area contributed by atoms with Gasteiger partial charge in [-0.25, -0.2) is 9.59 Å². The van der Waals surface area contributed by atoms with Gasteiger partial charge in [-0.1, -0.05) is 30.3 Å². The van der Waals surface area contributed by atoms with Crippen LogP contribution in [0.3, 0.4) is 0 Å². The molecular weight excluding hydrogens is 381 g/mol. The largest absolute Gasteiger partial charge is 1.00 e. The molecule has 11 heteroatoms. The van der Waals surface area contributed by atoms with Crippen molar-refractivity contribution in [1.82, 2.24) is 16.0 Å². The van der Waals surface area contributed by atoms with Crippen LogP contribution in [0.5, 0.6) is 0 Å². The summed E-state index contributed by atoms with van der Waals surface area (Å²) in [7, 11) is 0. The number of hydrogen-bond acceptors (Lipinski definition) is 6. The molecule has 10 nitrogen and oxygen atoms in total. The Morgan fingerprint density at radius 2 is 1.89 bits per heavy atom. The molecule has 0 spiro atoms. The summed E-state index contributed by atoms with van der Waals surface area (Å²) in [6.45, 7) is 1.33. The number of alkyl carbamates (subject to hydrolysis) is 1. The predicted molar refractivity (Wildman–Crippen MR) is 91.2 cm³/mol. The van der Waals surface area contributed by atoms with Gasteiger partial charge in [0.25, 0.3) is 0 Å². The second kappa shape index (κ2) is 10.8. The molecule has 0 bridgehead atoms. The van der Waals surface area contributed by atoms with Crippen molar-refractivity contribution in [3.05, 3.63) is 35.9 Å². The number of carbonyl (C=O) groups is 5. The van der Waals surface area contributed by atoms with Gasteiger partial charge < -0.3 is 21.9 Å². The number of carboxylic acid groups (broad SMARTS) is 1. The average molecular weight is 401 g/mol. The maximum Gasteiger partial charge on any atom is 1.00 e. The fourth-order valence-corrected chi connectivity index (χ4v) is 2.46. The molecule has 1 aliphatic rings. The van der Waals surface area contributed by atoms with Gasteiger partial charge in [-0.2, -0.15) is 0 Å². The summed E-state index contributed by atoms with van der Waals surface area (Å²) in [5, 5.41) is 15.7. The number of imide groups is 1. The van der Waals surface area contributed by atoms with Crippen LogP contribution in [0, 0.1) is 5.92 Å². The Bertz CT molecular complexity index is 763. The molecule has 2 rings (SSSR count). The normalized spacial score (nSPS) is 17.5. The van der Waals surface area contributed by atoms with Gasteiger partial charge in [-0.3, -0.25) is 19.7 Å². The number of amides is 4. The molecule has 1 heterocycles. The van der Waals surface area contributed by atoms with Gasteiger partial charge in [-0.05, 0) is 12.5 Å². The molecule has 146 valence electrons. The summed E-state index contributed by atoms with van der Waals surface area (Å²) in [5.74, 6) is -4.88. The Kier molecular flexibility index (Phi) is 9.10. The Balaban J connectivity index is 0.00000392. The van der Waals surface area contributed by atoms with E-state index in [4.69, 9.17) is 4.74 Å². The second-order valence-electron chi connectivity index (χ2n) is 5.98. The van der Waals surface area contributed by atoms with E-state index < -0.39 is 47.8 Å². The van der Waals surface area contributed by atoms with Crippen molar-refractivity contribution in [2.24, 2.45) is 5.92 Å². The van der Waals surface area contributed by atoms with Gasteiger partial charge in [0.05, 0.1) is 5.92 Å². The summed E-state index contributed by atoms with van der Waals surface area (Å²) in [6.07, 6.45) is -1.20. The van der Waals surface area contributed by atoms with Crippen LogP contribution in [0.2, 0.25) is 0 Å². The fraction of sp³-hybridized carbons (Fsp3) is 0.353. The van der Waals surface area contributed by atoms with Crippen molar-refractivity contribution < 1.29 is 64.8 Å². The number of benzene rings is 1. The van der Waals surface area contributed by atoms with Crippen molar-refractivity contribution >= 4 is 29.8 Å². The van der Waals surface area contributed by atoms with E-state index in [9.17, 15) is 29.1 Å². The second-order valence-corrected chi connectivity index (χ2v) is 5.98. The molecule has 0 radical (unpaired) electrons. The minimum Gasteiger partial charge on any atom is -1.00 e. The maximum atomic E-state index is 12.2. The SMILES string of the molecule is C[C@H](NC(=O)OCc1ccccc1)C(=O)NC(C(=O)O)C1CC(=O)NC1=O.[H-].[Na+]. The molecule has 3 atom stereocenters. The minimum atomic E-state index is -1.59. The Morgan fingerprint density at radius 1 is 1.25 bits per heavy atom. The van der Waals surface area contributed by atoms with E-state index in [2.05, 4.69) is 10.6 Å². The molecule has 4 N–H and O–H groups in total. The number of nitrogens with one attached hydrogen (secondary N) is 3. The van der Waals surface area contributed by atoms with Crippen molar-refractivity contribution in [3.8, 4) is 0 Å². The van der Waals surface area contributed by atoms with Crippen LogP contribution in [0.25, 0.3) is 0 Å². The summed E-state index contributed by atoms with van der Waals surface area (Å²) in [5.41, 5.74) is 0.757. The number of ether oxygens (including phenoxy) is 1. The molecule has 1 aromatic carbocycles. The first-order chi connectivity index (χ1) is 12.8. The van der Waals surface area contributed by atoms with Crippen molar-refractivity contribution in [2.75, 3.05) is 0 Å². The zero-order valence-electron chi connectivity index (χ0n) is 16.4. The van der Waals surface area contributed by atoms with Gasteiger partial charge in [0, 0.05) is 6.42 Å². The number of rotatable bonds is 7. The van der Waals surface area contributed by atoms with Gasteiger partial charge in [0.1, 0.15) is 18.7 Å². The molecule has 1 saturated heterocycles. The van der Waals surface area contributed by atoms with Crippen LogP contribution >= 0.6 is 0 Å². The van der Waals surface area contributed by atoms with Crippen molar-refractivity contribution in [1.29, 1.82) is 0 Å². The van der Waals surface area contributed by atoms with E-state index in [1.165, 1.54) is 6.92 Å². The van der Waals surface area contributed by atoms with E-state index in [0.717, 1.165) is 5.56 Å². The van der Waals surface area contributed by atoms with Gasteiger partial charge in [0.15, 0.2) is 0 Å². The molecule has 28 heavy (non-hydrogen) atoms.